The van der Waals surface area contributed by atoms with Gasteiger partial charge in [0, 0.05) is 24.7 Å². The zero-order valence-corrected chi connectivity index (χ0v) is 17.7. The molecular formula is C22H28N2O3S. The largest absolute Gasteiger partial charge is 0.338 e. The van der Waals surface area contributed by atoms with Crippen LogP contribution < -0.4 is 4.72 Å². The van der Waals surface area contributed by atoms with Gasteiger partial charge in [0.05, 0.1) is 4.90 Å². The molecule has 0 aliphatic carbocycles. The van der Waals surface area contributed by atoms with E-state index in [4.69, 9.17) is 0 Å². The van der Waals surface area contributed by atoms with Gasteiger partial charge in [-0.3, -0.25) is 9.52 Å². The standard InChI is InChI=1S/C22H28N2O3S/c1-15(2)17-6-9-21(10-7-17)28(26,27)23-20-8-5-18-11-12-24(14-19(18)13-20)22(25)16(3)4/h5-10,13,15-16,23H,11-12,14H2,1-4H3. The number of carbonyl (C=O) groups is 1. The molecule has 0 aromatic heterocycles. The minimum absolute atomic E-state index is 0.0444. The second-order valence-electron chi connectivity index (χ2n) is 7.98. The van der Waals surface area contributed by atoms with Crippen LogP contribution in [-0.4, -0.2) is 25.8 Å². The molecule has 3 rings (SSSR count). The van der Waals surface area contributed by atoms with Gasteiger partial charge in [0.15, 0.2) is 0 Å². The fourth-order valence-electron chi connectivity index (χ4n) is 3.42. The Labute approximate surface area is 167 Å². The Morgan fingerprint density at radius 3 is 2.29 bits per heavy atom. The molecule has 0 saturated carbocycles. The highest BCUT2D eigenvalue weighted by atomic mass is 32.2. The average molecular weight is 401 g/mol. The third-order valence-corrected chi connectivity index (χ3v) is 6.53. The van der Waals surface area contributed by atoms with Crippen molar-refractivity contribution in [3.8, 4) is 0 Å². The van der Waals surface area contributed by atoms with Crippen molar-refractivity contribution in [1.82, 2.24) is 4.90 Å². The van der Waals surface area contributed by atoms with Crippen molar-refractivity contribution in [2.75, 3.05) is 11.3 Å². The van der Waals surface area contributed by atoms with E-state index in [-0.39, 0.29) is 16.7 Å². The number of nitrogens with one attached hydrogen (secondary N) is 1. The summed E-state index contributed by atoms with van der Waals surface area (Å²) in [4.78, 5) is 14.4. The second kappa shape index (κ2) is 7.95. The van der Waals surface area contributed by atoms with E-state index in [9.17, 15) is 13.2 Å². The molecule has 2 aromatic rings. The van der Waals surface area contributed by atoms with Crippen LogP contribution >= 0.6 is 0 Å². The number of hydrogen-bond donors (Lipinski definition) is 1. The van der Waals surface area contributed by atoms with Gasteiger partial charge in [-0.05, 0) is 53.3 Å². The van der Waals surface area contributed by atoms with E-state index in [0.29, 0.717) is 24.7 Å². The molecule has 1 N–H and O–H groups in total. The minimum Gasteiger partial charge on any atom is -0.338 e. The first-order valence-electron chi connectivity index (χ1n) is 9.71. The zero-order valence-electron chi connectivity index (χ0n) is 16.9. The van der Waals surface area contributed by atoms with E-state index in [2.05, 4.69) is 18.6 Å². The van der Waals surface area contributed by atoms with E-state index in [1.54, 1.807) is 18.2 Å². The van der Waals surface area contributed by atoms with Gasteiger partial charge in [-0.15, -0.1) is 0 Å². The van der Waals surface area contributed by atoms with Gasteiger partial charge in [0.2, 0.25) is 5.91 Å². The highest BCUT2D eigenvalue weighted by Crippen LogP contribution is 2.26. The molecule has 1 aliphatic heterocycles. The van der Waals surface area contributed by atoms with Crippen LogP contribution in [0.2, 0.25) is 0 Å². The summed E-state index contributed by atoms with van der Waals surface area (Å²) in [6, 6.07) is 12.6. The lowest BCUT2D eigenvalue weighted by molar-refractivity contribution is -0.135. The number of rotatable bonds is 5. The van der Waals surface area contributed by atoms with Crippen LogP contribution in [0.1, 0.15) is 50.3 Å². The Kier molecular flexibility index (Phi) is 5.79. The number of benzene rings is 2. The van der Waals surface area contributed by atoms with Gasteiger partial charge in [-0.2, -0.15) is 0 Å². The molecule has 5 nitrogen and oxygen atoms in total. The monoisotopic (exact) mass is 400 g/mol. The maximum absolute atomic E-state index is 12.7. The van der Waals surface area contributed by atoms with Crippen LogP contribution in [0.15, 0.2) is 47.4 Å². The van der Waals surface area contributed by atoms with Gasteiger partial charge in [-0.25, -0.2) is 8.42 Å². The van der Waals surface area contributed by atoms with Crippen molar-refractivity contribution < 1.29 is 13.2 Å². The maximum Gasteiger partial charge on any atom is 0.261 e. The van der Waals surface area contributed by atoms with Gasteiger partial charge in [-0.1, -0.05) is 45.9 Å². The molecule has 0 spiro atoms. The van der Waals surface area contributed by atoms with Gasteiger partial charge in [0.25, 0.3) is 10.0 Å². The lowest BCUT2D eigenvalue weighted by Gasteiger charge is -2.30. The SMILES string of the molecule is CC(C)C(=O)N1CCc2ccc(NS(=O)(=O)c3ccc(C(C)C)cc3)cc2C1. The van der Waals surface area contributed by atoms with Crippen molar-refractivity contribution in [1.29, 1.82) is 0 Å². The van der Waals surface area contributed by atoms with Crippen molar-refractivity contribution >= 4 is 21.6 Å². The summed E-state index contributed by atoms with van der Waals surface area (Å²) in [5.74, 6) is 0.431. The van der Waals surface area contributed by atoms with Crippen LogP contribution in [0.4, 0.5) is 5.69 Å². The molecule has 2 aromatic carbocycles. The maximum atomic E-state index is 12.7. The molecule has 0 saturated heterocycles. The molecule has 150 valence electrons. The smallest absolute Gasteiger partial charge is 0.261 e. The summed E-state index contributed by atoms with van der Waals surface area (Å²) in [5, 5.41) is 0. The number of carbonyl (C=O) groups excluding carboxylic acids is 1. The van der Waals surface area contributed by atoms with E-state index in [1.807, 2.05) is 43.0 Å². The van der Waals surface area contributed by atoms with Crippen LogP contribution in [0.5, 0.6) is 0 Å². The number of amides is 1. The summed E-state index contributed by atoms with van der Waals surface area (Å²) >= 11 is 0. The highest BCUT2D eigenvalue weighted by Gasteiger charge is 2.23. The summed E-state index contributed by atoms with van der Waals surface area (Å²) in [6.45, 7) is 9.16. The van der Waals surface area contributed by atoms with Crippen LogP contribution in [0.3, 0.4) is 0 Å². The van der Waals surface area contributed by atoms with Crippen molar-refractivity contribution in [2.45, 2.75) is 51.5 Å². The summed E-state index contributed by atoms with van der Waals surface area (Å²) < 4.78 is 28.1. The van der Waals surface area contributed by atoms with E-state index >= 15 is 0 Å². The molecule has 0 radical (unpaired) electrons. The van der Waals surface area contributed by atoms with Gasteiger partial charge >= 0.3 is 0 Å². The third-order valence-electron chi connectivity index (χ3n) is 5.13. The molecule has 0 atom stereocenters. The van der Waals surface area contributed by atoms with E-state index in [0.717, 1.165) is 23.1 Å². The van der Waals surface area contributed by atoms with E-state index < -0.39 is 10.0 Å². The molecule has 1 amide bonds. The van der Waals surface area contributed by atoms with Crippen molar-refractivity contribution in [3.05, 3.63) is 59.2 Å². The number of hydrogen-bond acceptors (Lipinski definition) is 3. The molecule has 0 bridgehead atoms. The van der Waals surface area contributed by atoms with Crippen LogP contribution in [0, 0.1) is 5.92 Å². The quantitative estimate of drug-likeness (QED) is 0.820. The number of fused-ring (bicyclic) bond motifs is 1. The Morgan fingerprint density at radius 1 is 1.00 bits per heavy atom. The average Bonchev–Trinajstić information content (AvgIpc) is 2.66. The highest BCUT2D eigenvalue weighted by molar-refractivity contribution is 7.92. The summed E-state index contributed by atoms with van der Waals surface area (Å²) in [6.07, 6.45) is 0.789. The molecule has 0 fully saturated rings. The topological polar surface area (TPSA) is 66.5 Å². The summed E-state index contributed by atoms with van der Waals surface area (Å²) in [7, 11) is -3.66. The molecule has 1 heterocycles. The number of anilines is 1. The Morgan fingerprint density at radius 2 is 1.68 bits per heavy atom. The van der Waals surface area contributed by atoms with Crippen molar-refractivity contribution in [2.24, 2.45) is 5.92 Å². The normalized spacial score (nSPS) is 14.3. The first-order chi connectivity index (χ1) is 13.2. The fourth-order valence-corrected chi connectivity index (χ4v) is 4.47. The molecule has 1 aliphatic rings. The Balaban J connectivity index is 1.80. The van der Waals surface area contributed by atoms with Crippen LogP contribution in [0.25, 0.3) is 0 Å². The first-order valence-corrected chi connectivity index (χ1v) is 11.2. The second-order valence-corrected chi connectivity index (χ2v) is 9.66. The van der Waals surface area contributed by atoms with Crippen molar-refractivity contribution in [3.63, 3.8) is 0 Å². The molecule has 28 heavy (non-hydrogen) atoms. The number of sulfonamides is 1. The lowest BCUT2D eigenvalue weighted by atomic mass is 9.98. The minimum atomic E-state index is -3.66. The zero-order chi connectivity index (χ0) is 20.5. The summed E-state index contributed by atoms with van der Waals surface area (Å²) in [5.41, 5.74) is 3.78. The van der Waals surface area contributed by atoms with Gasteiger partial charge in [0.1, 0.15) is 0 Å². The predicted octanol–water partition coefficient (Wildman–Crippen LogP) is 4.15. The number of nitrogens with zero attached hydrogens (tertiary/aromatic N) is 1. The lowest BCUT2D eigenvalue weighted by Crippen LogP contribution is -2.38. The first kappa shape index (κ1) is 20.4. The van der Waals surface area contributed by atoms with Gasteiger partial charge < -0.3 is 4.90 Å². The Bertz CT molecular complexity index is 964. The van der Waals surface area contributed by atoms with Crippen LogP contribution in [-0.2, 0) is 27.8 Å². The molecule has 6 heteroatoms. The molecular weight excluding hydrogens is 372 g/mol. The molecule has 0 unspecified atom stereocenters. The fraction of sp³-hybridized carbons (Fsp3) is 0.409. The third kappa shape index (κ3) is 4.38. The van der Waals surface area contributed by atoms with E-state index in [1.165, 1.54) is 0 Å². The predicted molar refractivity (Wildman–Crippen MR) is 112 cm³/mol. The Hall–Kier alpha value is -2.34.